The average molecular weight is 250 g/mol. The standard InChI is InChI=1S/C12H14N2O4/c1-13(2)12(17)14-7-10(11(15)16)18-9-6-4-3-5-8(9)14/h3-6,10H,7H2,1-2H3,(H,15,16). The number of fused-ring (bicyclic) bond motifs is 1. The lowest BCUT2D eigenvalue weighted by atomic mass is 10.2. The monoisotopic (exact) mass is 250 g/mol. The third-order valence-corrected chi connectivity index (χ3v) is 2.66. The van der Waals surface area contributed by atoms with Gasteiger partial charge in [0.2, 0.25) is 6.10 Å². The molecule has 0 bridgehead atoms. The number of hydrogen-bond acceptors (Lipinski definition) is 3. The number of aliphatic carboxylic acids is 1. The van der Waals surface area contributed by atoms with Gasteiger partial charge in [-0.3, -0.25) is 4.90 Å². The third-order valence-electron chi connectivity index (χ3n) is 2.66. The van der Waals surface area contributed by atoms with Gasteiger partial charge < -0.3 is 14.7 Å². The molecule has 18 heavy (non-hydrogen) atoms. The molecule has 1 aliphatic heterocycles. The number of carboxylic acid groups (broad SMARTS) is 1. The van der Waals surface area contributed by atoms with Crippen LogP contribution >= 0.6 is 0 Å². The number of carboxylic acids is 1. The van der Waals surface area contributed by atoms with E-state index in [0.717, 1.165) is 0 Å². The minimum Gasteiger partial charge on any atom is -0.478 e. The van der Waals surface area contributed by atoms with Crippen LogP contribution in [0.5, 0.6) is 5.75 Å². The van der Waals surface area contributed by atoms with Crippen molar-refractivity contribution in [3.8, 4) is 5.75 Å². The number of ether oxygens (including phenoxy) is 1. The summed E-state index contributed by atoms with van der Waals surface area (Å²) in [7, 11) is 3.24. The van der Waals surface area contributed by atoms with Crippen LogP contribution < -0.4 is 9.64 Å². The van der Waals surface area contributed by atoms with Gasteiger partial charge in [0.25, 0.3) is 0 Å². The van der Waals surface area contributed by atoms with Crippen LogP contribution in [0.2, 0.25) is 0 Å². The maximum absolute atomic E-state index is 12.0. The van der Waals surface area contributed by atoms with E-state index in [9.17, 15) is 9.59 Å². The second kappa shape index (κ2) is 4.56. The summed E-state index contributed by atoms with van der Waals surface area (Å²) in [6.45, 7) is 0.00333. The van der Waals surface area contributed by atoms with Crippen LogP contribution in [0, 0.1) is 0 Å². The van der Waals surface area contributed by atoms with Crippen LogP contribution in [-0.2, 0) is 4.79 Å². The molecule has 1 unspecified atom stereocenters. The summed E-state index contributed by atoms with van der Waals surface area (Å²) in [5.41, 5.74) is 0.591. The molecule has 2 rings (SSSR count). The summed E-state index contributed by atoms with van der Waals surface area (Å²) < 4.78 is 5.34. The molecule has 0 saturated heterocycles. The number of urea groups is 1. The maximum atomic E-state index is 12.0. The molecular formula is C12H14N2O4. The zero-order valence-electron chi connectivity index (χ0n) is 10.2. The molecule has 1 aromatic rings. The second-order valence-electron chi connectivity index (χ2n) is 4.20. The minimum atomic E-state index is -1.08. The van der Waals surface area contributed by atoms with Gasteiger partial charge in [-0.1, -0.05) is 12.1 Å². The van der Waals surface area contributed by atoms with Crippen molar-refractivity contribution in [3.05, 3.63) is 24.3 Å². The number of nitrogens with zero attached hydrogens (tertiary/aromatic N) is 2. The van der Waals surface area contributed by atoms with Gasteiger partial charge in [-0.15, -0.1) is 0 Å². The Bertz CT molecular complexity index is 487. The van der Waals surface area contributed by atoms with E-state index in [2.05, 4.69) is 0 Å². The summed E-state index contributed by atoms with van der Waals surface area (Å²) >= 11 is 0. The highest BCUT2D eigenvalue weighted by atomic mass is 16.5. The molecule has 1 atom stereocenters. The summed E-state index contributed by atoms with van der Waals surface area (Å²) in [5.74, 6) is -0.674. The lowest BCUT2D eigenvalue weighted by Crippen LogP contribution is -2.50. The summed E-state index contributed by atoms with van der Waals surface area (Å²) in [6.07, 6.45) is -1.04. The molecule has 0 aromatic heterocycles. The highest BCUT2D eigenvalue weighted by molar-refractivity contribution is 5.95. The highest BCUT2D eigenvalue weighted by Crippen LogP contribution is 2.33. The quantitative estimate of drug-likeness (QED) is 0.807. The minimum absolute atomic E-state index is 0.00333. The van der Waals surface area contributed by atoms with E-state index in [1.165, 1.54) is 9.80 Å². The molecule has 0 aliphatic carbocycles. The normalized spacial score (nSPS) is 17.7. The number of benzene rings is 1. The molecular weight excluding hydrogens is 236 g/mol. The number of anilines is 1. The first-order valence-corrected chi connectivity index (χ1v) is 5.48. The number of carbonyl (C=O) groups excluding carboxylic acids is 1. The lowest BCUT2D eigenvalue weighted by Gasteiger charge is -2.34. The van der Waals surface area contributed by atoms with Crippen molar-refractivity contribution < 1.29 is 19.4 Å². The van der Waals surface area contributed by atoms with Gasteiger partial charge >= 0.3 is 12.0 Å². The van der Waals surface area contributed by atoms with Crippen molar-refractivity contribution in [2.24, 2.45) is 0 Å². The Morgan fingerprint density at radius 1 is 1.39 bits per heavy atom. The van der Waals surface area contributed by atoms with Crippen molar-refractivity contribution in [2.45, 2.75) is 6.10 Å². The van der Waals surface area contributed by atoms with Crippen LogP contribution in [-0.4, -0.2) is 48.8 Å². The lowest BCUT2D eigenvalue weighted by molar-refractivity contribution is -0.144. The zero-order chi connectivity index (χ0) is 13.3. The number of amides is 2. The molecule has 0 saturated carbocycles. The van der Waals surface area contributed by atoms with Gasteiger partial charge in [-0.05, 0) is 12.1 Å². The van der Waals surface area contributed by atoms with E-state index in [-0.39, 0.29) is 12.6 Å². The zero-order valence-corrected chi connectivity index (χ0v) is 10.2. The van der Waals surface area contributed by atoms with Crippen molar-refractivity contribution in [2.75, 3.05) is 25.5 Å². The van der Waals surface area contributed by atoms with Gasteiger partial charge in [-0.2, -0.15) is 0 Å². The molecule has 0 radical (unpaired) electrons. The van der Waals surface area contributed by atoms with E-state index in [1.807, 2.05) is 0 Å². The van der Waals surface area contributed by atoms with Crippen molar-refractivity contribution in [1.29, 1.82) is 0 Å². The van der Waals surface area contributed by atoms with Crippen LogP contribution in [0.25, 0.3) is 0 Å². The molecule has 0 spiro atoms. The number of rotatable bonds is 1. The molecule has 1 heterocycles. The predicted octanol–water partition coefficient (Wildman–Crippen LogP) is 1.02. The fourth-order valence-corrected chi connectivity index (χ4v) is 1.79. The van der Waals surface area contributed by atoms with Crippen molar-refractivity contribution >= 4 is 17.7 Å². The number of para-hydroxylation sites is 2. The van der Waals surface area contributed by atoms with Gasteiger partial charge in [-0.25, -0.2) is 9.59 Å². The van der Waals surface area contributed by atoms with Crippen molar-refractivity contribution in [3.63, 3.8) is 0 Å². The van der Waals surface area contributed by atoms with Gasteiger partial charge in [0.05, 0.1) is 12.2 Å². The molecule has 0 fully saturated rings. The fourth-order valence-electron chi connectivity index (χ4n) is 1.79. The van der Waals surface area contributed by atoms with E-state index in [0.29, 0.717) is 11.4 Å². The largest absolute Gasteiger partial charge is 0.478 e. The Labute approximate surface area is 104 Å². The Hall–Kier alpha value is -2.24. The summed E-state index contributed by atoms with van der Waals surface area (Å²) in [5, 5.41) is 9.03. The highest BCUT2D eigenvalue weighted by Gasteiger charge is 2.34. The molecule has 1 N–H and O–H groups in total. The van der Waals surface area contributed by atoms with Gasteiger partial charge in [0.1, 0.15) is 5.75 Å². The molecule has 1 aromatic carbocycles. The van der Waals surface area contributed by atoms with E-state index in [1.54, 1.807) is 38.4 Å². The predicted molar refractivity (Wildman–Crippen MR) is 64.9 cm³/mol. The van der Waals surface area contributed by atoms with Crippen LogP contribution in [0.3, 0.4) is 0 Å². The van der Waals surface area contributed by atoms with Gasteiger partial charge in [0, 0.05) is 14.1 Å². The molecule has 6 heteroatoms. The summed E-state index contributed by atoms with van der Waals surface area (Å²) in [4.78, 5) is 25.9. The SMILES string of the molecule is CN(C)C(=O)N1CC(C(=O)O)Oc2ccccc21. The maximum Gasteiger partial charge on any atom is 0.346 e. The Morgan fingerprint density at radius 3 is 2.67 bits per heavy atom. The topological polar surface area (TPSA) is 70.1 Å². The van der Waals surface area contributed by atoms with Gasteiger partial charge in [0.15, 0.2) is 0 Å². The Kier molecular flexibility index (Phi) is 3.10. The molecule has 96 valence electrons. The third kappa shape index (κ3) is 2.09. The first-order chi connectivity index (χ1) is 8.50. The first-order valence-electron chi connectivity index (χ1n) is 5.48. The smallest absolute Gasteiger partial charge is 0.346 e. The van der Waals surface area contributed by atoms with Crippen LogP contribution in [0.1, 0.15) is 0 Å². The average Bonchev–Trinajstić information content (AvgIpc) is 2.36. The van der Waals surface area contributed by atoms with Crippen LogP contribution in [0.15, 0.2) is 24.3 Å². The Morgan fingerprint density at radius 2 is 2.06 bits per heavy atom. The molecule has 2 amide bonds. The molecule has 6 nitrogen and oxygen atoms in total. The van der Waals surface area contributed by atoms with Crippen molar-refractivity contribution in [1.82, 2.24) is 4.90 Å². The number of carbonyl (C=O) groups is 2. The van der Waals surface area contributed by atoms with E-state index in [4.69, 9.17) is 9.84 Å². The number of hydrogen-bond donors (Lipinski definition) is 1. The summed E-state index contributed by atoms with van der Waals surface area (Å²) in [6, 6.07) is 6.63. The second-order valence-corrected chi connectivity index (χ2v) is 4.20. The fraction of sp³-hybridized carbons (Fsp3) is 0.333. The Balaban J connectivity index is 2.39. The first kappa shape index (κ1) is 12.2. The van der Waals surface area contributed by atoms with E-state index < -0.39 is 12.1 Å². The van der Waals surface area contributed by atoms with E-state index >= 15 is 0 Å². The molecule has 1 aliphatic rings. The van der Waals surface area contributed by atoms with Crippen LogP contribution in [0.4, 0.5) is 10.5 Å².